The fourth-order valence-corrected chi connectivity index (χ4v) is 1.70. The van der Waals surface area contributed by atoms with E-state index in [9.17, 15) is 5.11 Å². The smallest absolute Gasteiger partial charge is 0.123 e. The molecule has 1 aromatic rings. The zero-order valence-corrected chi connectivity index (χ0v) is 8.89. The highest BCUT2D eigenvalue weighted by atomic mass is 31.1. The van der Waals surface area contributed by atoms with E-state index < -0.39 is 5.85 Å². The molecule has 1 rings (SSSR count). The number of benzene rings is 1. The summed E-state index contributed by atoms with van der Waals surface area (Å²) in [6.45, 7) is 0.118. The number of hydrogen-bond acceptors (Lipinski definition) is 3. The molecule has 3 nitrogen and oxygen atoms in total. The van der Waals surface area contributed by atoms with E-state index in [4.69, 9.17) is 9.63 Å². The molecule has 0 amide bonds. The zero-order chi connectivity index (χ0) is 10.2. The van der Waals surface area contributed by atoms with E-state index in [0.29, 0.717) is 12.8 Å². The van der Waals surface area contributed by atoms with Gasteiger partial charge in [0.25, 0.3) is 0 Å². The molecule has 0 saturated carbocycles. The summed E-state index contributed by atoms with van der Waals surface area (Å²) in [4.78, 5) is 0. The fraction of sp³-hybridized carbons (Fsp3) is 0.400. The standard InChI is InChI=1S/C10H15O3P/c11-8-4-7-10(12)14-13-9-5-2-1-3-6-9/h1-3,5-6,10-12,14H,4,7-8H2. The van der Waals surface area contributed by atoms with Crippen LogP contribution in [0.15, 0.2) is 30.3 Å². The quantitative estimate of drug-likeness (QED) is 0.709. The van der Waals surface area contributed by atoms with Crippen LogP contribution >= 0.6 is 8.81 Å². The minimum Gasteiger partial charge on any atom is -0.475 e. The van der Waals surface area contributed by atoms with Crippen LogP contribution < -0.4 is 4.52 Å². The monoisotopic (exact) mass is 214 g/mol. The highest BCUT2D eigenvalue weighted by molar-refractivity contribution is 7.33. The Balaban J connectivity index is 2.20. The Kier molecular flexibility index (Phi) is 5.53. The Morgan fingerprint density at radius 2 is 2.00 bits per heavy atom. The molecule has 0 aliphatic heterocycles. The Morgan fingerprint density at radius 3 is 2.64 bits per heavy atom. The van der Waals surface area contributed by atoms with Crippen LogP contribution in [0.4, 0.5) is 0 Å². The lowest BCUT2D eigenvalue weighted by Gasteiger charge is -2.10. The van der Waals surface area contributed by atoms with Crippen LogP contribution in [-0.2, 0) is 0 Å². The zero-order valence-electron chi connectivity index (χ0n) is 7.89. The van der Waals surface area contributed by atoms with E-state index in [1.807, 2.05) is 30.3 Å². The van der Waals surface area contributed by atoms with Crippen molar-refractivity contribution in [2.75, 3.05) is 6.61 Å². The summed E-state index contributed by atoms with van der Waals surface area (Å²) in [5, 5.41) is 18.0. The van der Waals surface area contributed by atoms with E-state index in [0.717, 1.165) is 5.75 Å². The number of hydrogen-bond donors (Lipinski definition) is 2. The summed E-state index contributed by atoms with van der Waals surface area (Å²) in [5.74, 6) is 0.302. The molecule has 1 aromatic carbocycles. The van der Waals surface area contributed by atoms with Gasteiger partial charge in [-0.1, -0.05) is 18.2 Å². The van der Waals surface area contributed by atoms with Gasteiger partial charge < -0.3 is 14.7 Å². The summed E-state index contributed by atoms with van der Waals surface area (Å²) in [6, 6.07) is 9.40. The van der Waals surface area contributed by atoms with Crippen molar-refractivity contribution in [3.8, 4) is 5.75 Å². The van der Waals surface area contributed by atoms with Crippen LogP contribution in [0, 0.1) is 0 Å². The first-order valence-corrected chi connectivity index (χ1v) is 5.58. The van der Waals surface area contributed by atoms with Gasteiger partial charge >= 0.3 is 0 Å². The maximum absolute atomic E-state index is 9.42. The summed E-state index contributed by atoms with van der Waals surface area (Å²) < 4.78 is 5.36. The lowest BCUT2D eigenvalue weighted by molar-refractivity contribution is 0.213. The van der Waals surface area contributed by atoms with Gasteiger partial charge in [0, 0.05) is 6.61 Å². The lowest BCUT2D eigenvalue weighted by Crippen LogP contribution is -2.01. The van der Waals surface area contributed by atoms with Gasteiger partial charge in [-0.15, -0.1) is 0 Å². The number of aliphatic hydroxyl groups is 2. The molecule has 0 aliphatic rings. The van der Waals surface area contributed by atoms with Crippen molar-refractivity contribution in [2.24, 2.45) is 0 Å². The normalized spacial score (nSPS) is 13.3. The van der Waals surface area contributed by atoms with Crippen molar-refractivity contribution in [2.45, 2.75) is 18.7 Å². The molecule has 0 fully saturated rings. The molecule has 0 radical (unpaired) electrons. The average Bonchev–Trinajstić information content (AvgIpc) is 2.25. The average molecular weight is 214 g/mol. The first-order valence-electron chi connectivity index (χ1n) is 4.59. The third-order valence-corrected chi connectivity index (χ3v) is 2.61. The minimum atomic E-state index is -0.470. The summed E-state index contributed by atoms with van der Waals surface area (Å²) in [5.41, 5.74) is 0. The Bertz CT molecular complexity index is 240. The summed E-state index contributed by atoms with van der Waals surface area (Å²) in [6.07, 6.45) is 1.20. The van der Waals surface area contributed by atoms with Crippen LogP contribution in [0.5, 0.6) is 5.75 Å². The molecule has 0 bridgehead atoms. The molecule has 2 N–H and O–H groups in total. The van der Waals surface area contributed by atoms with Crippen LogP contribution in [-0.4, -0.2) is 22.7 Å². The maximum Gasteiger partial charge on any atom is 0.123 e. The van der Waals surface area contributed by atoms with Gasteiger partial charge in [0.2, 0.25) is 0 Å². The van der Waals surface area contributed by atoms with Crippen LogP contribution in [0.1, 0.15) is 12.8 Å². The van der Waals surface area contributed by atoms with E-state index >= 15 is 0 Å². The number of para-hydroxylation sites is 1. The molecule has 0 spiro atoms. The molecule has 0 saturated heterocycles. The molecule has 4 heteroatoms. The van der Waals surface area contributed by atoms with Crippen LogP contribution in [0.25, 0.3) is 0 Å². The van der Waals surface area contributed by atoms with E-state index in [2.05, 4.69) is 0 Å². The molecule has 0 aliphatic carbocycles. The predicted molar refractivity (Wildman–Crippen MR) is 57.7 cm³/mol. The van der Waals surface area contributed by atoms with Gasteiger partial charge in [-0.25, -0.2) is 0 Å². The topological polar surface area (TPSA) is 49.7 Å². The van der Waals surface area contributed by atoms with E-state index in [1.165, 1.54) is 0 Å². The molecule has 2 atom stereocenters. The van der Waals surface area contributed by atoms with E-state index in [1.54, 1.807) is 0 Å². The lowest BCUT2D eigenvalue weighted by atomic mass is 10.3. The number of aliphatic hydroxyl groups excluding tert-OH is 2. The van der Waals surface area contributed by atoms with Crippen LogP contribution in [0.2, 0.25) is 0 Å². The predicted octanol–water partition coefficient (Wildman–Crippen LogP) is 1.75. The van der Waals surface area contributed by atoms with Gasteiger partial charge in [0.05, 0.1) is 0 Å². The van der Waals surface area contributed by atoms with Gasteiger partial charge in [-0.05, 0) is 25.0 Å². The fourth-order valence-electron chi connectivity index (χ4n) is 0.968. The Morgan fingerprint density at radius 1 is 1.29 bits per heavy atom. The van der Waals surface area contributed by atoms with Gasteiger partial charge in [0.1, 0.15) is 20.4 Å². The van der Waals surface area contributed by atoms with Crippen molar-refractivity contribution >= 4 is 8.81 Å². The second kappa shape index (κ2) is 6.77. The molecule has 0 aromatic heterocycles. The van der Waals surface area contributed by atoms with Gasteiger partial charge in [-0.2, -0.15) is 0 Å². The van der Waals surface area contributed by atoms with Crippen molar-refractivity contribution in [3.63, 3.8) is 0 Å². The largest absolute Gasteiger partial charge is 0.475 e. The molecule has 2 unspecified atom stereocenters. The van der Waals surface area contributed by atoms with Crippen molar-refractivity contribution in [3.05, 3.63) is 30.3 Å². The third-order valence-electron chi connectivity index (χ3n) is 1.69. The maximum atomic E-state index is 9.42. The highest BCUT2D eigenvalue weighted by Crippen LogP contribution is 2.25. The molecular weight excluding hydrogens is 199 g/mol. The van der Waals surface area contributed by atoms with Crippen molar-refractivity contribution < 1.29 is 14.7 Å². The molecule has 14 heavy (non-hydrogen) atoms. The van der Waals surface area contributed by atoms with Gasteiger partial charge in [-0.3, -0.25) is 0 Å². The molecule has 78 valence electrons. The SMILES string of the molecule is OCCCC(O)POc1ccccc1. The second-order valence-corrected chi connectivity index (χ2v) is 4.02. The summed E-state index contributed by atoms with van der Waals surface area (Å²) in [7, 11) is 0.0377. The first-order chi connectivity index (χ1) is 6.83. The first kappa shape index (κ1) is 11.4. The minimum absolute atomic E-state index is 0.0377. The Labute approximate surface area is 85.6 Å². The second-order valence-electron chi connectivity index (χ2n) is 2.91. The third kappa shape index (κ3) is 4.56. The van der Waals surface area contributed by atoms with Crippen LogP contribution in [0.3, 0.4) is 0 Å². The van der Waals surface area contributed by atoms with E-state index in [-0.39, 0.29) is 15.4 Å². The van der Waals surface area contributed by atoms with Crippen molar-refractivity contribution in [1.29, 1.82) is 0 Å². The molecule has 0 heterocycles. The Hall–Kier alpha value is -0.630. The molecular formula is C10H15O3P. The van der Waals surface area contributed by atoms with Crippen molar-refractivity contribution in [1.82, 2.24) is 0 Å². The number of rotatable bonds is 6. The highest BCUT2D eigenvalue weighted by Gasteiger charge is 2.04. The van der Waals surface area contributed by atoms with Gasteiger partial charge in [0.15, 0.2) is 0 Å². The summed E-state index contributed by atoms with van der Waals surface area (Å²) >= 11 is 0.